The maximum atomic E-state index is 15.4. The number of alkyl halides is 3. The van der Waals surface area contributed by atoms with Gasteiger partial charge in [0.15, 0.2) is 17.3 Å². The molecule has 2 aromatic heterocycles. The lowest BCUT2D eigenvalue weighted by atomic mass is 10.1. The van der Waals surface area contributed by atoms with Crippen LogP contribution in [0.1, 0.15) is 22.8 Å². The molecule has 0 amide bonds. The lowest BCUT2D eigenvalue weighted by molar-refractivity contribution is -0.152. The molecule has 5 aromatic rings. The number of oxazole rings is 1. The monoisotopic (exact) mass is 574 g/mol. The molecule has 0 saturated heterocycles. The van der Waals surface area contributed by atoms with Gasteiger partial charge in [0.25, 0.3) is 5.89 Å². The Labute approximate surface area is 227 Å². The Morgan fingerprint density at radius 3 is 2.44 bits per heavy atom. The number of rotatable bonds is 6. The molecule has 0 aliphatic rings. The van der Waals surface area contributed by atoms with E-state index in [1.165, 1.54) is 42.5 Å². The van der Waals surface area contributed by atoms with Gasteiger partial charge in [-0.25, -0.2) is 9.37 Å². The van der Waals surface area contributed by atoms with Crippen molar-refractivity contribution in [2.75, 3.05) is 0 Å². The second-order valence-corrected chi connectivity index (χ2v) is 8.82. The van der Waals surface area contributed by atoms with Crippen molar-refractivity contribution in [1.82, 2.24) is 15.2 Å². The summed E-state index contributed by atoms with van der Waals surface area (Å²) in [5, 5.41) is 16.6. The van der Waals surface area contributed by atoms with Crippen molar-refractivity contribution >= 4 is 23.2 Å². The smallest absolute Gasteiger partial charge is 0.452 e. The Morgan fingerprint density at radius 2 is 1.72 bits per heavy atom. The van der Waals surface area contributed by atoms with Gasteiger partial charge in [0.05, 0.1) is 23.1 Å². The van der Waals surface area contributed by atoms with Gasteiger partial charge in [0, 0.05) is 16.1 Å². The van der Waals surface area contributed by atoms with E-state index in [0.717, 1.165) is 0 Å². The molecule has 0 atom stereocenters. The quantitative estimate of drug-likeness (QED) is 0.189. The van der Waals surface area contributed by atoms with Crippen LogP contribution in [0.25, 0.3) is 23.0 Å². The minimum atomic E-state index is -4.90. The van der Waals surface area contributed by atoms with Crippen LogP contribution >= 0.6 is 23.2 Å². The van der Waals surface area contributed by atoms with Gasteiger partial charge in [-0.05, 0) is 36.4 Å². The predicted octanol–water partition coefficient (Wildman–Crippen LogP) is 8.11. The van der Waals surface area contributed by atoms with Crippen LogP contribution in [0.5, 0.6) is 11.5 Å². The number of nitrogens with zero attached hydrogens (tertiary/aromatic N) is 4. The highest BCUT2D eigenvalue weighted by molar-refractivity contribution is 6.32. The SMILES string of the molecule is N#Cc1cc(Cl)cc(Oc2c(Cl)ccc(Cc3nnc(-c4nc(-c5ccccc5)oc4C(F)(F)F)o3)c2F)c1. The minimum absolute atomic E-state index is 0.00620. The molecular formula is C26H12Cl2F4N4O3. The van der Waals surface area contributed by atoms with E-state index in [1.807, 2.05) is 6.07 Å². The summed E-state index contributed by atoms with van der Waals surface area (Å²) in [6, 6.07) is 16.7. The zero-order chi connectivity index (χ0) is 27.7. The van der Waals surface area contributed by atoms with Crippen molar-refractivity contribution in [1.29, 1.82) is 5.26 Å². The van der Waals surface area contributed by atoms with Crippen molar-refractivity contribution in [2.24, 2.45) is 0 Å². The summed E-state index contributed by atoms with van der Waals surface area (Å²) in [4.78, 5) is 3.92. The summed E-state index contributed by atoms with van der Waals surface area (Å²) >= 11 is 12.1. The van der Waals surface area contributed by atoms with Gasteiger partial charge in [-0.1, -0.05) is 47.5 Å². The first kappa shape index (κ1) is 26.2. The number of halogens is 6. The van der Waals surface area contributed by atoms with Gasteiger partial charge < -0.3 is 13.6 Å². The van der Waals surface area contributed by atoms with Crippen LogP contribution in [0, 0.1) is 17.1 Å². The summed E-state index contributed by atoms with van der Waals surface area (Å²) in [6.07, 6.45) is -5.21. The van der Waals surface area contributed by atoms with E-state index < -0.39 is 29.3 Å². The van der Waals surface area contributed by atoms with Crippen molar-refractivity contribution in [3.05, 3.63) is 99.3 Å². The second-order valence-electron chi connectivity index (χ2n) is 7.98. The molecule has 13 heteroatoms. The van der Waals surface area contributed by atoms with Crippen LogP contribution in [0.3, 0.4) is 0 Å². The molecule has 0 fully saturated rings. The largest absolute Gasteiger partial charge is 0.453 e. The number of nitriles is 1. The first-order chi connectivity index (χ1) is 18.6. The van der Waals surface area contributed by atoms with Crippen LogP contribution in [0.2, 0.25) is 10.0 Å². The van der Waals surface area contributed by atoms with Gasteiger partial charge in [0.1, 0.15) is 5.75 Å². The fourth-order valence-electron chi connectivity index (χ4n) is 3.55. The van der Waals surface area contributed by atoms with E-state index in [1.54, 1.807) is 18.2 Å². The number of ether oxygens (including phenoxy) is 1. The fraction of sp³-hybridized carbons (Fsp3) is 0.0769. The second kappa shape index (κ2) is 10.4. The van der Waals surface area contributed by atoms with E-state index in [-0.39, 0.29) is 50.9 Å². The molecule has 0 N–H and O–H groups in total. The molecule has 0 saturated carbocycles. The molecule has 0 aliphatic heterocycles. The lowest BCUT2D eigenvalue weighted by Gasteiger charge is -2.11. The molecule has 0 aliphatic carbocycles. The van der Waals surface area contributed by atoms with Gasteiger partial charge in [-0.3, -0.25) is 0 Å². The van der Waals surface area contributed by atoms with Crippen LogP contribution in [0.15, 0.2) is 69.5 Å². The minimum Gasteiger partial charge on any atom is -0.453 e. The van der Waals surface area contributed by atoms with E-state index in [4.69, 9.17) is 42.0 Å². The molecule has 0 bridgehead atoms. The van der Waals surface area contributed by atoms with E-state index in [9.17, 15) is 13.2 Å². The maximum Gasteiger partial charge on any atom is 0.452 e. The van der Waals surface area contributed by atoms with Crippen molar-refractivity contribution in [2.45, 2.75) is 12.6 Å². The number of aromatic nitrogens is 3. The Kier molecular flexibility index (Phi) is 6.99. The zero-order valence-electron chi connectivity index (χ0n) is 19.3. The van der Waals surface area contributed by atoms with Crippen LogP contribution < -0.4 is 4.74 Å². The highest BCUT2D eigenvalue weighted by atomic mass is 35.5. The van der Waals surface area contributed by atoms with Crippen LogP contribution in [-0.2, 0) is 12.6 Å². The standard InChI is InChI=1S/C26H12Cl2F4N4O3/c27-16-8-13(12-33)9-17(11-16)37-22-18(28)7-6-15(20(22)29)10-19-35-36-25(38-19)21-23(26(30,31)32)39-24(34-21)14-4-2-1-3-5-14/h1-9,11H,10H2. The molecule has 39 heavy (non-hydrogen) atoms. The van der Waals surface area contributed by atoms with Crippen molar-refractivity contribution in [3.63, 3.8) is 0 Å². The Morgan fingerprint density at radius 1 is 0.949 bits per heavy atom. The van der Waals surface area contributed by atoms with E-state index in [2.05, 4.69) is 15.2 Å². The zero-order valence-corrected chi connectivity index (χ0v) is 20.8. The molecule has 3 aromatic carbocycles. The Hall–Kier alpha value is -4.40. The Balaban J connectivity index is 1.45. The molecule has 0 unspecified atom stereocenters. The third kappa shape index (κ3) is 5.57. The van der Waals surface area contributed by atoms with Gasteiger partial charge in [0.2, 0.25) is 17.5 Å². The van der Waals surface area contributed by atoms with Gasteiger partial charge in [-0.2, -0.15) is 18.4 Å². The lowest BCUT2D eigenvalue weighted by Crippen LogP contribution is -2.05. The van der Waals surface area contributed by atoms with Crippen molar-refractivity contribution < 1.29 is 31.1 Å². The summed E-state index contributed by atoms with van der Waals surface area (Å²) in [5.41, 5.74) is -0.209. The van der Waals surface area contributed by atoms with E-state index >= 15 is 4.39 Å². The Bertz CT molecular complexity index is 1710. The summed E-state index contributed by atoms with van der Waals surface area (Å²) < 4.78 is 72.3. The molecule has 0 radical (unpaired) electrons. The maximum absolute atomic E-state index is 15.4. The van der Waals surface area contributed by atoms with E-state index in [0.29, 0.717) is 5.56 Å². The van der Waals surface area contributed by atoms with Gasteiger partial charge >= 0.3 is 6.18 Å². The summed E-state index contributed by atoms with van der Waals surface area (Å²) in [6.45, 7) is 0. The average molecular weight is 575 g/mol. The summed E-state index contributed by atoms with van der Waals surface area (Å²) in [5.74, 6) is -3.64. The first-order valence-corrected chi connectivity index (χ1v) is 11.7. The first-order valence-electron chi connectivity index (χ1n) is 10.9. The molecule has 2 heterocycles. The number of hydrogen-bond acceptors (Lipinski definition) is 7. The number of benzene rings is 3. The molecule has 5 rings (SSSR count). The topological polar surface area (TPSA) is 98.0 Å². The molecular weight excluding hydrogens is 563 g/mol. The molecule has 7 nitrogen and oxygen atoms in total. The molecule has 0 spiro atoms. The predicted molar refractivity (Wildman–Crippen MR) is 131 cm³/mol. The number of hydrogen-bond donors (Lipinski definition) is 0. The average Bonchev–Trinajstić information content (AvgIpc) is 3.56. The highest BCUT2D eigenvalue weighted by Crippen LogP contribution is 2.40. The van der Waals surface area contributed by atoms with Crippen LogP contribution in [-0.4, -0.2) is 15.2 Å². The third-order valence-corrected chi connectivity index (χ3v) is 5.78. The van der Waals surface area contributed by atoms with Crippen LogP contribution in [0.4, 0.5) is 17.6 Å². The molecule has 196 valence electrons. The normalized spacial score (nSPS) is 11.4. The summed E-state index contributed by atoms with van der Waals surface area (Å²) in [7, 11) is 0. The van der Waals surface area contributed by atoms with Gasteiger partial charge in [-0.15, -0.1) is 10.2 Å². The van der Waals surface area contributed by atoms with Crippen molar-refractivity contribution in [3.8, 4) is 40.6 Å². The highest BCUT2D eigenvalue weighted by Gasteiger charge is 2.42. The third-order valence-electron chi connectivity index (χ3n) is 5.27. The fourth-order valence-corrected chi connectivity index (χ4v) is 3.96.